The van der Waals surface area contributed by atoms with Crippen LogP contribution >= 0.6 is 11.6 Å². The first kappa shape index (κ1) is 30.4. The van der Waals surface area contributed by atoms with Gasteiger partial charge in [0.1, 0.15) is 24.7 Å². The molecule has 2 N–H and O–H groups in total. The number of ether oxygens (including phenoxy) is 3. The van der Waals surface area contributed by atoms with Crippen LogP contribution in [0, 0.1) is 0 Å². The molecule has 0 saturated heterocycles. The molecule has 0 unspecified atom stereocenters. The van der Waals surface area contributed by atoms with Gasteiger partial charge in [0.05, 0.1) is 5.69 Å². The highest BCUT2D eigenvalue weighted by molar-refractivity contribution is 6.31. The Morgan fingerprint density at radius 3 is 2.26 bits per heavy atom. The smallest absolute Gasteiger partial charge is 0.411 e. The van der Waals surface area contributed by atoms with Crippen molar-refractivity contribution in [2.24, 2.45) is 0 Å². The van der Waals surface area contributed by atoms with E-state index in [9.17, 15) is 14.4 Å². The molecule has 46 heavy (non-hydrogen) atoms. The number of carbonyl (C=O) groups excluding carboxylic acids is 2. The monoisotopic (exact) mass is 633 g/mol. The summed E-state index contributed by atoms with van der Waals surface area (Å²) in [6, 6.07) is 32.4. The molecule has 1 amide bonds. The number of fused-ring (bicyclic) bond motifs is 3. The van der Waals surface area contributed by atoms with E-state index < -0.39 is 18.7 Å². The van der Waals surface area contributed by atoms with Gasteiger partial charge in [-0.1, -0.05) is 66.2 Å². The minimum absolute atomic E-state index is 0.0873. The number of rotatable bonds is 11. The Labute approximate surface area is 270 Å². The van der Waals surface area contributed by atoms with Crippen LogP contribution in [0.25, 0.3) is 11.1 Å². The Bertz CT molecular complexity index is 1920. The van der Waals surface area contributed by atoms with Gasteiger partial charge in [-0.25, -0.2) is 9.59 Å². The largest absolute Gasteiger partial charge is 0.489 e. The average molecular weight is 634 g/mol. The van der Waals surface area contributed by atoms with Gasteiger partial charge in [-0.15, -0.1) is 0 Å². The van der Waals surface area contributed by atoms with E-state index in [1.165, 1.54) is 17.2 Å². The van der Waals surface area contributed by atoms with Gasteiger partial charge in [0.25, 0.3) is 0 Å². The lowest BCUT2D eigenvalue weighted by atomic mass is 10.0. The first-order valence-electron chi connectivity index (χ1n) is 14.5. The summed E-state index contributed by atoms with van der Waals surface area (Å²) in [5.74, 6) is -0.387. The summed E-state index contributed by atoms with van der Waals surface area (Å²) in [4.78, 5) is 37.0. The third-order valence-electron chi connectivity index (χ3n) is 7.58. The zero-order valence-corrected chi connectivity index (χ0v) is 25.3. The number of halogens is 1. The summed E-state index contributed by atoms with van der Waals surface area (Å²) in [5.41, 5.74) is 7.40. The van der Waals surface area contributed by atoms with E-state index in [0.717, 1.165) is 28.7 Å². The van der Waals surface area contributed by atoms with E-state index in [0.29, 0.717) is 22.1 Å². The molecule has 230 valence electrons. The van der Waals surface area contributed by atoms with Gasteiger partial charge < -0.3 is 19.3 Å². The second-order valence-electron chi connectivity index (χ2n) is 10.6. The maximum Gasteiger partial charge on any atom is 0.411 e. The van der Waals surface area contributed by atoms with Crippen LogP contribution in [0.15, 0.2) is 109 Å². The molecule has 0 spiro atoms. The van der Waals surface area contributed by atoms with Crippen molar-refractivity contribution in [1.82, 2.24) is 0 Å². The van der Waals surface area contributed by atoms with Crippen LogP contribution in [0.5, 0.6) is 11.5 Å². The van der Waals surface area contributed by atoms with Gasteiger partial charge in [0, 0.05) is 16.1 Å². The fraction of sp³-hybridized carbons (Fsp3) is 0.108. The van der Waals surface area contributed by atoms with E-state index in [-0.39, 0.29) is 30.2 Å². The van der Waals surface area contributed by atoms with Gasteiger partial charge in [-0.2, -0.15) is 0 Å². The first-order valence-corrected chi connectivity index (χ1v) is 14.9. The molecule has 1 aliphatic carbocycles. The van der Waals surface area contributed by atoms with Crippen LogP contribution in [0.4, 0.5) is 10.5 Å². The van der Waals surface area contributed by atoms with Crippen LogP contribution in [-0.2, 0) is 29.2 Å². The number of benzene rings is 5. The minimum atomic E-state index is -1.05. The molecule has 0 aliphatic heterocycles. The number of hydrogen-bond acceptors (Lipinski definition) is 6. The predicted molar refractivity (Wildman–Crippen MR) is 174 cm³/mol. The summed E-state index contributed by atoms with van der Waals surface area (Å²) in [6.07, 6.45) is 0.0973. The number of carboxylic acids is 1. The maximum atomic E-state index is 13.5. The van der Waals surface area contributed by atoms with Crippen LogP contribution in [0.3, 0.4) is 0 Å². The first-order chi connectivity index (χ1) is 22.3. The Hall–Kier alpha value is -5.60. The van der Waals surface area contributed by atoms with E-state index >= 15 is 0 Å². The quantitative estimate of drug-likeness (QED) is 0.139. The number of nitrogens with one attached hydrogen (secondary N) is 1. The molecule has 9 heteroatoms. The summed E-state index contributed by atoms with van der Waals surface area (Å²) in [7, 11) is 0. The topological polar surface area (TPSA) is 111 Å². The molecule has 0 fully saturated rings. The van der Waals surface area contributed by atoms with Gasteiger partial charge in [0.15, 0.2) is 12.4 Å². The molecule has 0 heterocycles. The van der Waals surface area contributed by atoms with Crippen molar-refractivity contribution in [2.45, 2.75) is 19.6 Å². The van der Waals surface area contributed by atoms with Crippen molar-refractivity contribution in [1.29, 1.82) is 0 Å². The summed E-state index contributed by atoms with van der Waals surface area (Å²) in [6.45, 7) is -0.0663. The van der Waals surface area contributed by atoms with E-state index in [1.807, 2.05) is 24.3 Å². The van der Waals surface area contributed by atoms with E-state index in [1.54, 1.807) is 60.7 Å². The molecule has 0 radical (unpaired) electrons. The number of carbonyl (C=O) groups is 3. The Balaban J connectivity index is 1.07. The highest BCUT2D eigenvalue weighted by Crippen LogP contribution is 2.38. The van der Waals surface area contributed by atoms with Gasteiger partial charge in [-0.3, -0.25) is 10.1 Å². The van der Waals surface area contributed by atoms with E-state index in [2.05, 4.69) is 23.5 Å². The number of amides is 1. The van der Waals surface area contributed by atoms with Gasteiger partial charge >= 0.3 is 12.1 Å². The highest BCUT2D eigenvalue weighted by atomic mass is 35.5. The molecule has 8 nitrogen and oxygen atoms in total. The average Bonchev–Trinajstić information content (AvgIpc) is 3.46. The molecule has 0 saturated carbocycles. The van der Waals surface area contributed by atoms with Crippen LogP contribution in [0.2, 0.25) is 5.02 Å². The fourth-order valence-corrected chi connectivity index (χ4v) is 5.49. The third kappa shape index (κ3) is 7.03. The normalized spacial score (nSPS) is 11.2. The fourth-order valence-electron chi connectivity index (χ4n) is 5.31. The zero-order valence-electron chi connectivity index (χ0n) is 24.5. The van der Waals surface area contributed by atoms with Crippen molar-refractivity contribution in [3.8, 4) is 22.6 Å². The van der Waals surface area contributed by atoms with Crippen LogP contribution < -0.4 is 14.8 Å². The molecule has 0 bridgehead atoms. The maximum absolute atomic E-state index is 13.5. The molecule has 5 aromatic carbocycles. The number of ketones is 1. The third-order valence-corrected chi connectivity index (χ3v) is 7.81. The molecular formula is C37H28ClNO7. The zero-order chi connectivity index (χ0) is 32.0. The molecule has 0 atom stereocenters. The highest BCUT2D eigenvalue weighted by Gasteiger charge is 2.22. The number of aliphatic carboxylic acids is 1. The van der Waals surface area contributed by atoms with Gasteiger partial charge in [0.2, 0.25) is 0 Å². The second kappa shape index (κ2) is 13.6. The van der Waals surface area contributed by atoms with Crippen molar-refractivity contribution >= 4 is 35.1 Å². The number of hydrogen-bond donors (Lipinski definition) is 2. The van der Waals surface area contributed by atoms with Crippen LogP contribution in [-0.4, -0.2) is 29.6 Å². The van der Waals surface area contributed by atoms with E-state index in [4.69, 9.17) is 30.9 Å². The molecule has 1 aliphatic rings. The van der Waals surface area contributed by atoms with Crippen molar-refractivity contribution in [3.63, 3.8) is 0 Å². The summed E-state index contributed by atoms with van der Waals surface area (Å²) >= 11 is 6.23. The Kier molecular flexibility index (Phi) is 8.98. The lowest BCUT2D eigenvalue weighted by Crippen LogP contribution is -2.17. The minimum Gasteiger partial charge on any atom is -0.489 e. The van der Waals surface area contributed by atoms with Crippen LogP contribution in [0.1, 0.15) is 38.2 Å². The van der Waals surface area contributed by atoms with Crippen molar-refractivity contribution in [2.75, 3.05) is 11.9 Å². The molecule has 5 aromatic rings. The lowest BCUT2D eigenvalue weighted by molar-refractivity contribution is -0.139. The molecular weight excluding hydrogens is 606 g/mol. The Morgan fingerprint density at radius 2 is 1.48 bits per heavy atom. The Morgan fingerprint density at radius 1 is 0.761 bits per heavy atom. The standard InChI is InChI=1S/C37H28ClNO7/c38-27-12-17-34(39-37(43)46-21-26-5-3-7-31-30-6-2-1-4-25(30)18-32(26)31)33(19-27)36(42)24-10-15-29(16-11-24)44-20-23-8-13-28(14-9-23)45-22-35(40)41/h1-17,19H,18,20-22H2,(H,39,43)(H,40,41). The lowest BCUT2D eigenvalue weighted by Gasteiger charge is -2.13. The number of carboxylic acid groups (broad SMARTS) is 1. The molecule has 0 aromatic heterocycles. The predicted octanol–water partition coefficient (Wildman–Crippen LogP) is 7.93. The second-order valence-corrected chi connectivity index (χ2v) is 11.1. The molecule has 6 rings (SSSR count). The van der Waals surface area contributed by atoms with Crippen molar-refractivity contribution in [3.05, 3.63) is 148 Å². The summed E-state index contributed by atoms with van der Waals surface area (Å²) in [5, 5.41) is 11.8. The SMILES string of the molecule is O=C(O)COc1ccc(COc2ccc(C(=O)c3cc(Cl)ccc3NC(=O)OCc3cccc4c3Cc3ccccc3-4)cc2)cc1. The van der Waals surface area contributed by atoms with Crippen molar-refractivity contribution < 1.29 is 33.7 Å². The number of anilines is 1. The van der Waals surface area contributed by atoms with Gasteiger partial charge in [-0.05, 0) is 94.4 Å². The summed E-state index contributed by atoms with van der Waals surface area (Å²) < 4.78 is 16.6.